The van der Waals surface area contributed by atoms with Crippen LogP contribution >= 0.6 is 0 Å². The summed E-state index contributed by atoms with van der Waals surface area (Å²) in [7, 11) is 1.34. The van der Waals surface area contributed by atoms with Crippen molar-refractivity contribution in [3.05, 3.63) is 24.3 Å². The Labute approximate surface area is 95.9 Å². The summed E-state index contributed by atoms with van der Waals surface area (Å²) in [6.07, 6.45) is 8.78. The largest absolute Gasteiger partial charge is 0.466 e. The van der Waals surface area contributed by atoms with Crippen LogP contribution in [-0.2, 0) is 19.1 Å². The Kier molecular flexibility index (Phi) is 8.97. The van der Waals surface area contributed by atoms with E-state index in [2.05, 4.69) is 4.74 Å². The molecule has 0 aliphatic rings. The summed E-state index contributed by atoms with van der Waals surface area (Å²) >= 11 is 0. The van der Waals surface area contributed by atoms with Crippen molar-refractivity contribution in [3.8, 4) is 0 Å². The lowest BCUT2D eigenvalue weighted by Gasteiger charge is -1.94. The lowest BCUT2D eigenvalue weighted by molar-refractivity contribution is -0.137. The molecule has 0 spiro atoms. The number of methoxy groups -OCH3 is 1. The van der Waals surface area contributed by atoms with E-state index in [0.29, 0.717) is 6.61 Å². The molecule has 0 saturated carbocycles. The van der Waals surface area contributed by atoms with Crippen molar-refractivity contribution in [2.45, 2.75) is 26.2 Å². The minimum Gasteiger partial charge on any atom is -0.466 e. The maximum absolute atomic E-state index is 10.9. The fourth-order valence-corrected chi connectivity index (χ4v) is 0.971. The van der Waals surface area contributed by atoms with Crippen molar-refractivity contribution < 1.29 is 19.1 Å². The molecule has 0 saturated heterocycles. The smallest absolute Gasteiger partial charge is 0.330 e. The van der Waals surface area contributed by atoms with E-state index in [9.17, 15) is 9.59 Å². The van der Waals surface area contributed by atoms with Crippen LogP contribution in [0.5, 0.6) is 0 Å². The molecule has 0 rings (SSSR count). The highest BCUT2D eigenvalue weighted by atomic mass is 16.5. The van der Waals surface area contributed by atoms with Gasteiger partial charge in [0.2, 0.25) is 0 Å². The zero-order chi connectivity index (χ0) is 12.2. The third kappa shape index (κ3) is 8.99. The lowest BCUT2D eigenvalue weighted by Crippen LogP contribution is -1.98. The highest BCUT2D eigenvalue weighted by molar-refractivity contribution is 5.82. The van der Waals surface area contributed by atoms with Crippen LogP contribution in [0.2, 0.25) is 0 Å². The van der Waals surface area contributed by atoms with Gasteiger partial charge in [-0.1, -0.05) is 12.2 Å². The van der Waals surface area contributed by atoms with Crippen molar-refractivity contribution in [1.29, 1.82) is 0 Å². The maximum atomic E-state index is 10.9. The second kappa shape index (κ2) is 9.96. The number of allylic oxidation sites excluding steroid dienone is 2. The van der Waals surface area contributed by atoms with Crippen LogP contribution in [0, 0.1) is 0 Å². The molecule has 0 fully saturated rings. The Morgan fingerprint density at radius 3 is 2.12 bits per heavy atom. The van der Waals surface area contributed by atoms with Gasteiger partial charge >= 0.3 is 11.9 Å². The van der Waals surface area contributed by atoms with E-state index >= 15 is 0 Å². The van der Waals surface area contributed by atoms with Gasteiger partial charge in [0.1, 0.15) is 0 Å². The van der Waals surface area contributed by atoms with Crippen LogP contribution in [0.15, 0.2) is 24.3 Å². The van der Waals surface area contributed by atoms with Crippen molar-refractivity contribution >= 4 is 11.9 Å². The molecule has 0 heterocycles. The average Bonchev–Trinajstić information content (AvgIpc) is 2.27. The molecule has 0 aromatic carbocycles. The van der Waals surface area contributed by atoms with E-state index < -0.39 is 0 Å². The van der Waals surface area contributed by atoms with Gasteiger partial charge in [0, 0.05) is 12.2 Å². The van der Waals surface area contributed by atoms with Gasteiger partial charge in [-0.15, -0.1) is 0 Å². The SMILES string of the molecule is CCOC(=O)/C=C/CCC/C=C/C(=O)OC. The number of ether oxygens (including phenoxy) is 2. The van der Waals surface area contributed by atoms with Crippen LogP contribution in [0.25, 0.3) is 0 Å². The predicted octanol–water partition coefficient (Wildman–Crippen LogP) is 2.01. The van der Waals surface area contributed by atoms with Gasteiger partial charge in [-0.2, -0.15) is 0 Å². The summed E-state index contributed by atoms with van der Waals surface area (Å²) in [5.41, 5.74) is 0. The summed E-state index contributed by atoms with van der Waals surface area (Å²) in [4.78, 5) is 21.6. The molecule has 0 aliphatic carbocycles. The molecule has 16 heavy (non-hydrogen) atoms. The van der Waals surface area contributed by atoms with E-state index in [1.165, 1.54) is 19.3 Å². The Bertz CT molecular complexity index is 266. The van der Waals surface area contributed by atoms with Gasteiger partial charge in [-0.3, -0.25) is 0 Å². The lowest BCUT2D eigenvalue weighted by atomic mass is 10.2. The minimum absolute atomic E-state index is 0.312. The molecule has 0 aromatic rings. The zero-order valence-electron chi connectivity index (χ0n) is 9.77. The van der Waals surface area contributed by atoms with Crippen molar-refractivity contribution in [1.82, 2.24) is 0 Å². The highest BCUT2D eigenvalue weighted by Crippen LogP contribution is 1.98. The monoisotopic (exact) mass is 226 g/mol. The molecule has 0 radical (unpaired) electrons. The predicted molar refractivity (Wildman–Crippen MR) is 60.8 cm³/mol. The Morgan fingerprint density at radius 1 is 1.06 bits per heavy atom. The topological polar surface area (TPSA) is 52.6 Å². The first-order chi connectivity index (χ1) is 7.70. The third-order valence-electron chi connectivity index (χ3n) is 1.74. The highest BCUT2D eigenvalue weighted by Gasteiger charge is 1.92. The van der Waals surface area contributed by atoms with Gasteiger partial charge in [0.05, 0.1) is 13.7 Å². The quantitative estimate of drug-likeness (QED) is 0.378. The second-order valence-electron chi connectivity index (χ2n) is 3.01. The molecule has 0 amide bonds. The first-order valence-electron chi connectivity index (χ1n) is 5.28. The standard InChI is InChI=1S/C12H18O4/c1-3-16-12(14)10-8-6-4-5-7-9-11(13)15-2/h7-10H,3-6H2,1-2H3/b9-7+,10-8+. The molecule has 0 atom stereocenters. The molecule has 4 heteroatoms. The molecule has 0 N–H and O–H groups in total. The number of carbonyl (C=O) groups excluding carboxylic acids is 2. The van der Waals surface area contributed by atoms with E-state index in [-0.39, 0.29) is 11.9 Å². The molecule has 0 unspecified atom stereocenters. The van der Waals surface area contributed by atoms with Gasteiger partial charge < -0.3 is 9.47 Å². The second-order valence-corrected chi connectivity index (χ2v) is 3.01. The minimum atomic E-state index is -0.345. The van der Waals surface area contributed by atoms with E-state index in [4.69, 9.17) is 4.74 Å². The maximum Gasteiger partial charge on any atom is 0.330 e. The van der Waals surface area contributed by atoms with E-state index in [0.717, 1.165) is 19.3 Å². The number of rotatable bonds is 7. The first-order valence-corrected chi connectivity index (χ1v) is 5.28. The number of esters is 2. The Balaban J connectivity index is 3.50. The molecular weight excluding hydrogens is 208 g/mol. The summed E-state index contributed by atoms with van der Waals surface area (Å²) in [6, 6.07) is 0. The fourth-order valence-electron chi connectivity index (χ4n) is 0.971. The molecule has 4 nitrogen and oxygen atoms in total. The number of hydrogen-bond donors (Lipinski definition) is 0. The zero-order valence-corrected chi connectivity index (χ0v) is 9.77. The first kappa shape index (κ1) is 14.4. The molecule has 0 aliphatic heterocycles. The third-order valence-corrected chi connectivity index (χ3v) is 1.74. The Morgan fingerprint density at radius 2 is 1.62 bits per heavy atom. The fraction of sp³-hybridized carbons (Fsp3) is 0.500. The van der Waals surface area contributed by atoms with E-state index in [1.807, 2.05) is 0 Å². The molecule has 0 bridgehead atoms. The number of unbranched alkanes of at least 4 members (excludes halogenated alkanes) is 2. The van der Waals surface area contributed by atoms with Gasteiger partial charge in [-0.05, 0) is 26.2 Å². The number of carbonyl (C=O) groups is 2. The van der Waals surface area contributed by atoms with Crippen LogP contribution in [0.4, 0.5) is 0 Å². The van der Waals surface area contributed by atoms with E-state index in [1.54, 1.807) is 19.1 Å². The summed E-state index contributed by atoms with van der Waals surface area (Å²) < 4.78 is 9.15. The van der Waals surface area contributed by atoms with Gasteiger partial charge in [0.15, 0.2) is 0 Å². The van der Waals surface area contributed by atoms with Crippen molar-refractivity contribution in [2.75, 3.05) is 13.7 Å². The van der Waals surface area contributed by atoms with Crippen LogP contribution < -0.4 is 0 Å². The van der Waals surface area contributed by atoms with Crippen molar-refractivity contribution in [2.24, 2.45) is 0 Å². The van der Waals surface area contributed by atoms with Crippen molar-refractivity contribution in [3.63, 3.8) is 0 Å². The Hall–Kier alpha value is -1.58. The molecule has 0 aromatic heterocycles. The number of hydrogen-bond acceptors (Lipinski definition) is 4. The molecule has 90 valence electrons. The van der Waals surface area contributed by atoms with Gasteiger partial charge in [0.25, 0.3) is 0 Å². The summed E-state index contributed by atoms with van der Waals surface area (Å²) in [5, 5.41) is 0. The van der Waals surface area contributed by atoms with Gasteiger partial charge in [-0.25, -0.2) is 9.59 Å². The molecular formula is C12H18O4. The summed E-state index contributed by atoms with van der Waals surface area (Å²) in [6.45, 7) is 2.16. The van der Waals surface area contributed by atoms with Crippen LogP contribution in [0.3, 0.4) is 0 Å². The summed E-state index contributed by atoms with van der Waals surface area (Å²) in [5.74, 6) is -0.658. The van der Waals surface area contributed by atoms with Crippen LogP contribution in [-0.4, -0.2) is 25.7 Å². The normalized spacial score (nSPS) is 10.9. The average molecular weight is 226 g/mol. The van der Waals surface area contributed by atoms with Crippen LogP contribution in [0.1, 0.15) is 26.2 Å².